The molecule has 0 fully saturated rings. The summed E-state index contributed by atoms with van der Waals surface area (Å²) in [5.74, 6) is 1.05. The summed E-state index contributed by atoms with van der Waals surface area (Å²) in [6, 6.07) is 8.01. The van der Waals surface area contributed by atoms with Gasteiger partial charge in [-0.25, -0.2) is 9.78 Å². The number of pyridine rings is 1. The number of anilines is 3. The second-order valence-electron chi connectivity index (χ2n) is 6.34. The fourth-order valence-corrected chi connectivity index (χ4v) is 3.03. The highest BCUT2D eigenvalue weighted by atomic mass is 16.5. The van der Waals surface area contributed by atoms with Gasteiger partial charge in [0.05, 0.1) is 12.3 Å². The van der Waals surface area contributed by atoms with Crippen molar-refractivity contribution in [2.45, 2.75) is 41.2 Å². The summed E-state index contributed by atoms with van der Waals surface area (Å²) in [4.78, 5) is 18.2. The van der Waals surface area contributed by atoms with E-state index in [4.69, 9.17) is 10.5 Å². The normalized spacial score (nSPS) is 10.5. The smallest absolute Gasteiger partial charge is 0.411 e. The van der Waals surface area contributed by atoms with Crippen molar-refractivity contribution in [3.05, 3.63) is 46.5 Å². The number of ether oxygens (including phenoxy) is 1. The van der Waals surface area contributed by atoms with Crippen molar-refractivity contribution in [2.75, 3.05) is 29.1 Å². The monoisotopic (exact) mass is 356 g/mol. The van der Waals surface area contributed by atoms with E-state index in [9.17, 15) is 4.79 Å². The molecule has 0 aliphatic heterocycles. The molecule has 2 aromatic rings. The van der Waals surface area contributed by atoms with E-state index in [0.29, 0.717) is 12.3 Å². The first kappa shape index (κ1) is 19.6. The summed E-state index contributed by atoms with van der Waals surface area (Å²) in [6.45, 7) is 12.1. The lowest BCUT2D eigenvalue weighted by atomic mass is 9.99. The van der Waals surface area contributed by atoms with Gasteiger partial charge in [-0.3, -0.25) is 5.32 Å². The van der Waals surface area contributed by atoms with E-state index in [1.807, 2.05) is 6.07 Å². The van der Waals surface area contributed by atoms with Crippen molar-refractivity contribution >= 4 is 23.4 Å². The lowest BCUT2D eigenvalue weighted by Gasteiger charge is -2.25. The van der Waals surface area contributed by atoms with Crippen molar-refractivity contribution in [2.24, 2.45) is 0 Å². The number of hydrogen-bond acceptors (Lipinski definition) is 5. The molecule has 1 heterocycles. The number of nitrogens with one attached hydrogen (secondary N) is 1. The predicted octanol–water partition coefficient (Wildman–Crippen LogP) is 4.18. The van der Waals surface area contributed by atoms with Gasteiger partial charge in [0.1, 0.15) is 11.6 Å². The molecule has 140 valence electrons. The molecule has 0 bridgehead atoms. The number of hydrogen-bond donors (Lipinski definition) is 2. The van der Waals surface area contributed by atoms with Gasteiger partial charge in [-0.1, -0.05) is 17.7 Å². The molecular weight excluding hydrogens is 328 g/mol. The Hall–Kier alpha value is -2.76. The number of aryl methyl sites for hydroxylation is 3. The fourth-order valence-electron chi connectivity index (χ4n) is 3.03. The van der Waals surface area contributed by atoms with Crippen LogP contribution in [-0.4, -0.2) is 24.2 Å². The molecule has 6 heteroatoms. The van der Waals surface area contributed by atoms with Gasteiger partial charge in [0.15, 0.2) is 0 Å². The average molecular weight is 356 g/mol. The zero-order chi connectivity index (χ0) is 19.3. The molecule has 3 N–H and O–H groups in total. The highest BCUT2D eigenvalue weighted by molar-refractivity contribution is 5.88. The molecule has 0 radical (unpaired) electrons. The molecule has 0 saturated carbocycles. The van der Waals surface area contributed by atoms with Gasteiger partial charge in [0.2, 0.25) is 0 Å². The van der Waals surface area contributed by atoms with Crippen LogP contribution in [0.25, 0.3) is 0 Å². The Balaban J connectivity index is 2.23. The van der Waals surface area contributed by atoms with Crippen LogP contribution in [0, 0.1) is 20.8 Å². The maximum Gasteiger partial charge on any atom is 0.411 e. The number of amides is 1. The topological polar surface area (TPSA) is 80.5 Å². The minimum absolute atomic E-state index is 0.270. The summed E-state index contributed by atoms with van der Waals surface area (Å²) in [5.41, 5.74) is 11.6. The first-order chi connectivity index (χ1) is 12.3. The molecule has 2 rings (SSSR count). The summed E-state index contributed by atoms with van der Waals surface area (Å²) in [6.07, 6.45) is -0.535. The predicted molar refractivity (Wildman–Crippen MR) is 107 cm³/mol. The molecule has 1 aromatic heterocycles. The van der Waals surface area contributed by atoms with Crippen LogP contribution in [0.3, 0.4) is 0 Å². The number of rotatable bonds is 6. The van der Waals surface area contributed by atoms with Crippen LogP contribution in [0.1, 0.15) is 36.1 Å². The van der Waals surface area contributed by atoms with E-state index in [-0.39, 0.29) is 5.82 Å². The molecule has 26 heavy (non-hydrogen) atoms. The molecule has 1 aromatic carbocycles. The van der Waals surface area contributed by atoms with Crippen molar-refractivity contribution in [3.63, 3.8) is 0 Å². The van der Waals surface area contributed by atoms with Crippen molar-refractivity contribution < 1.29 is 9.53 Å². The van der Waals surface area contributed by atoms with E-state index in [2.05, 4.69) is 55.0 Å². The Bertz CT molecular complexity index is 766. The third-order valence-corrected chi connectivity index (χ3v) is 4.32. The quantitative estimate of drug-likeness (QED) is 0.811. The standard InChI is InChI=1S/C20H28N4O2/c1-6-24(12-16-14(4)10-13(3)11-15(16)5)18-9-8-17(19(21)23-18)22-20(25)26-7-2/h8-11H,6-7,12H2,1-5H3,(H2,21,23)(H,22,25). The van der Waals surface area contributed by atoms with Crippen molar-refractivity contribution in [3.8, 4) is 0 Å². The third kappa shape index (κ3) is 4.65. The van der Waals surface area contributed by atoms with Crippen LogP contribution in [-0.2, 0) is 11.3 Å². The molecule has 0 unspecified atom stereocenters. The maximum absolute atomic E-state index is 11.6. The number of benzene rings is 1. The Kier molecular flexibility index (Phi) is 6.44. The lowest BCUT2D eigenvalue weighted by Crippen LogP contribution is -2.25. The molecule has 0 aliphatic carbocycles. The summed E-state index contributed by atoms with van der Waals surface area (Å²) in [5, 5.41) is 2.60. The molecular formula is C20H28N4O2. The highest BCUT2D eigenvalue weighted by Gasteiger charge is 2.14. The SMILES string of the molecule is CCOC(=O)Nc1ccc(N(CC)Cc2c(C)cc(C)cc2C)nc1N. The summed E-state index contributed by atoms with van der Waals surface area (Å²) >= 11 is 0. The van der Waals surface area contributed by atoms with Crippen LogP contribution < -0.4 is 16.0 Å². The largest absolute Gasteiger partial charge is 0.450 e. The fraction of sp³-hybridized carbons (Fsp3) is 0.400. The van der Waals surface area contributed by atoms with Crippen LogP contribution >= 0.6 is 0 Å². The number of nitrogens with zero attached hydrogens (tertiary/aromatic N) is 2. The van der Waals surface area contributed by atoms with E-state index >= 15 is 0 Å². The second-order valence-corrected chi connectivity index (χ2v) is 6.34. The zero-order valence-electron chi connectivity index (χ0n) is 16.2. The number of aromatic nitrogens is 1. The highest BCUT2D eigenvalue weighted by Crippen LogP contribution is 2.25. The molecule has 1 amide bonds. The van der Waals surface area contributed by atoms with E-state index in [0.717, 1.165) is 18.9 Å². The molecule has 0 atom stereocenters. The van der Waals surface area contributed by atoms with E-state index in [1.165, 1.54) is 22.3 Å². The number of nitrogen functional groups attached to an aromatic ring is 1. The second kappa shape index (κ2) is 8.56. The third-order valence-electron chi connectivity index (χ3n) is 4.32. The number of carbonyl (C=O) groups is 1. The van der Waals surface area contributed by atoms with Gasteiger partial charge in [-0.05, 0) is 63.4 Å². The minimum atomic E-state index is -0.535. The molecule has 0 saturated heterocycles. The van der Waals surface area contributed by atoms with Crippen molar-refractivity contribution in [1.82, 2.24) is 4.98 Å². The Morgan fingerprint density at radius 2 is 1.85 bits per heavy atom. The average Bonchev–Trinajstić information content (AvgIpc) is 2.56. The maximum atomic E-state index is 11.6. The van der Waals surface area contributed by atoms with Gasteiger partial charge < -0.3 is 15.4 Å². The lowest BCUT2D eigenvalue weighted by molar-refractivity contribution is 0.168. The Morgan fingerprint density at radius 3 is 2.38 bits per heavy atom. The van der Waals surface area contributed by atoms with Crippen LogP contribution in [0.5, 0.6) is 0 Å². The summed E-state index contributed by atoms with van der Waals surface area (Å²) in [7, 11) is 0. The number of carbonyl (C=O) groups excluding carboxylic acids is 1. The molecule has 0 aliphatic rings. The Labute approximate surface area is 155 Å². The van der Waals surface area contributed by atoms with Gasteiger partial charge in [-0.15, -0.1) is 0 Å². The van der Waals surface area contributed by atoms with Crippen LogP contribution in [0.15, 0.2) is 24.3 Å². The van der Waals surface area contributed by atoms with Gasteiger partial charge in [-0.2, -0.15) is 0 Å². The first-order valence-electron chi connectivity index (χ1n) is 8.87. The molecule has 6 nitrogen and oxygen atoms in total. The van der Waals surface area contributed by atoms with Crippen molar-refractivity contribution in [1.29, 1.82) is 0 Å². The van der Waals surface area contributed by atoms with Crippen LogP contribution in [0.2, 0.25) is 0 Å². The summed E-state index contributed by atoms with van der Waals surface area (Å²) < 4.78 is 4.87. The van der Waals surface area contributed by atoms with Gasteiger partial charge in [0.25, 0.3) is 0 Å². The van der Waals surface area contributed by atoms with E-state index < -0.39 is 6.09 Å². The first-order valence-corrected chi connectivity index (χ1v) is 8.87. The van der Waals surface area contributed by atoms with Gasteiger partial charge >= 0.3 is 6.09 Å². The Morgan fingerprint density at radius 1 is 1.19 bits per heavy atom. The zero-order valence-corrected chi connectivity index (χ0v) is 16.2. The van der Waals surface area contributed by atoms with Crippen LogP contribution in [0.4, 0.5) is 22.1 Å². The number of nitrogens with two attached hydrogens (primary N) is 1. The minimum Gasteiger partial charge on any atom is -0.450 e. The van der Waals surface area contributed by atoms with E-state index in [1.54, 1.807) is 13.0 Å². The van der Waals surface area contributed by atoms with Gasteiger partial charge in [0, 0.05) is 13.1 Å². The molecule has 0 spiro atoms.